The summed E-state index contributed by atoms with van der Waals surface area (Å²) >= 11 is 0. The highest BCUT2D eigenvalue weighted by molar-refractivity contribution is 5.37. The molecule has 0 unspecified atom stereocenters. The van der Waals surface area contributed by atoms with Crippen molar-refractivity contribution in [1.82, 2.24) is 0 Å². The molecule has 0 aliphatic heterocycles. The Morgan fingerprint density at radius 2 is 0.741 bits per heavy atom. The van der Waals surface area contributed by atoms with Gasteiger partial charge in [0.15, 0.2) is 0 Å². The maximum Gasteiger partial charge on any atom is 0.460 e. The highest BCUT2D eigenvalue weighted by Gasteiger charge is 2.75. The number of benzene rings is 1. The van der Waals surface area contributed by atoms with Crippen molar-refractivity contribution in [3.8, 4) is 0 Å². The van der Waals surface area contributed by atoms with Gasteiger partial charge in [-0.3, -0.25) is 0 Å². The van der Waals surface area contributed by atoms with Gasteiger partial charge in [0.2, 0.25) is 0 Å². The minimum Gasteiger partial charge on any atom is -0.194 e. The van der Waals surface area contributed by atoms with Gasteiger partial charge in [-0.15, -0.1) is 0 Å². The summed E-state index contributed by atoms with van der Waals surface area (Å²) in [6, 6.07) is -1.30. The van der Waals surface area contributed by atoms with Crippen LogP contribution in [0, 0.1) is 6.92 Å². The molecule has 0 fully saturated rings. The van der Waals surface area contributed by atoms with Crippen LogP contribution in [0.25, 0.3) is 0 Å². The van der Waals surface area contributed by atoms with Gasteiger partial charge in [0, 0.05) is 11.1 Å². The maximum atomic E-state index is 13.6. The third kappa shape index (κ3) is 3.53. The van der Waals surface area contributed by atoms with Crippen LogP contribution in [0.15, 0.2) is 18.2 Å². The lowest BCUT2D eigenvalue weighted by molar-refractivity contribution is -0.361. The van der Waals surface area contributed by atoms with Gasteiger partial charge in [0.25, 0.3) is 0 Å². The molecule has 0 nitrogen and oxygen atoms in total. The summed E-state index contributed by atoms with van der Waals surface area (Å²) in [7, 11) is 0. The molecule has 0 radical (unpaired) electrons. The lowest BCUT2D eigenvalue weighted by Gasteiger charge is -2.31. The molecule has 0 bridgehead atoms. The number of hydrogen-bond donors (Lipinski definition) is 0. The molecule has 27 heavy (non-hydrogen) atoms. The van der Waals surface area contributed by atoms with Crippen molar-refractivity contribution in [2.24, 2.45) is 0 Å². The third-order valence-electron chi connectivity index (χ3n) is 3.30. The van der Waals surface area contributed by atoms with Gasteiger partial charge >= 0.3 is 36.0 Å². The van der Waals surface area contributed by atoms with Gasteiger partial charge in [-0.25, -0.2) is 0 Å². The second kappa shape index (κ2) is 6.12. The number of aryl methyl sites for hydroxylation is 1. The number of rotatable bonds is 4. The standard InChI is InChI=1S/C13H6F14/c1-5-2-6(8(14,15)10(18,19)12(22,23)24)4-7(3-5)9(16,17)11(20,21)13(25,26)27/h2-4H,1H3. The first-order chi connectivity index (χ1) is 11.6. The van der Waals surface area contributed by atoms with Crippen LogP contribution in [0.5, 0.6) is 0 Å². The Bertz CT molecular complexity index is 638. The summed E-state index contributed by atoms with van der Waals surface area (Å²) in [4.78, 5) is 0. The molecule has 0 saturated carbocycles. The van der Waals surface area contributed by atoms with Crippen LogP contribution >= 0.6 is 0 Å². The molecule has 0 saturated heterocycles. The van der Waals surface area contributed by atoms with Crippen LogP contribution in [0.3, 0.4) is 0 Å². The average Bonchev–Trinajstić information content (AvgIpc) is 2.43. The van der Waals surface area contributed by atoms with E-state index in [0.717, 1.165) is 0 Å². The molecule has 0 aromatic heterocycles. The molecule has 0 atom stereocenters. The van der Waals surface area contributed by atoms with Crippen molar-refractivity contribution < 1.29 is 61.5 Å². The Hall–Kier alpha value is -1.76. The molecule has 0 spiro atoms. The first-order valence-corrected chi connectivity index (χ1v) is 6.38. The van der Waals surface area contributed by atoms with E-state index in [2.05, 4.69) is 0 Å². The predicted molar refractivity (Wildman–Crippen MR) is 61.0 cm³/mol. The van der Waals surface area contributed by atoms with E-state index in [1.54, 1.807) is 0 Å². The normalized spacial score (nSPS) is 15.2. The molecule has 0 aliphatic carbocycles. The van der Waals surface area contributed by atoms with E-state index in [4.69, 9.17) is 0 Å². The van der Waals surface area contributed by atoms with Crippen molar-refractivity contribution in [2.45, 2.75) is 43.0 Å². The lowest BCUT2D eigenvalue weighted by atomic mass is 9.93. The quantitative estimate of drug-likeness (QED) is 0.476. The molecule has 1 rings (SSSR count). The first-order valence-electron chi connectivity index (χ1n) is 6.38. The highest BCUT2D eigenvalue weighted by atomic mass is 19.4. The van der Waals surface area contributed by atoms with Crippen LogP contribution in [-0.2, 0) is 11.8 Å². The number of halogens is 14. The van der Waals surface area contributed by atoms with Gasteiger partial charge in [0.05, 0.1) is 0 Å². The van der Waals surface area contributed by atoms with Gasteiger partial charge in [-0.05, 0) is 25.1 Å². The van der Waals surface area contributed by atoms with Crippen LogP contribution in [-0.4, -0.2) is 24.2 Å². The summed E-state index contributed by atoms with van der Waals surface area (Å²) in [6.07, 6.45) is -13.8. The van der Waals surface area contributed by atoms with Crippen molar-refractivity contribution in [1.29, 1.82) is 0 Å². The zero-order chi connectivity index (χ0) is 21.9. The first kappa shape index (κ1) is 23.3. The van der Waals surface area contributed by atoms with Gasteiger partial charge in [-0.1, -0.05) is 5.56 Å². The molecule has 0 N–H and O–H groups in total. The van der Waals surface area contributed by atoms with Crippen molar-refractivity contribution in [2.75, 3.05) is 0 Å². The van der Waals surface area contributed by atoms with E-state index < -0.39 is 58.8 Å². The van der Waals surface area contributed by atoms with E-state index in [0.29, 0.717) is 6.92 Å². The molecule has 14 heteroatoms. The van der Waals surface area contributed by atoms with E-state index in [-0.39, 0.29) is 12.1 Å². The summed E-state index contributed by atoms with van der Waals surface area (Å²) < 4.78 is 179. The van der Waals surface area contributed by atoms with E-state index in [9.17, 15) is 61.5 Å². The Morgan fingerprint density at radius 1 is 0.481 bits per heavy atom. The van der Waals surface area contributed by atoms with Crippen molar-refractivity contribution >= 4 is 0 Å². The molecule has 0 heterocycles. The molecular weight excluding hydrogens is 422 g/mol. The zero-order valence-corrected chi connectivity index (χ0v) is 12.5. The minimum atomic E-state index is -6.88. The fraction of sp³-hybridized carbons (Fsp3) is 0.538. The third-order valence-corrected chi connectivity index (χ3v) is 3.30. The Labute approximate surface area is 140 Å². The second-order valence-electron chi connectivity index (χ2n) is 5.38. The SMILES string of the molecule is Cc1cc(C(F)(F)C(F)(F)C(F)(F)F)cc(C(F)(F)C(F)(F)C(F)(F)F)c1. The van der Waals surface area contributed by atoms with Crippen LogP contribution < -0.4 is 0 Å². The summed E-state index contributed by atoms with van der Waals surface area (Å²) in [5.74, 6) is -26.1. The van der Waals surface area contributed by atoms with E-state index in [1.807, 2.05) is 0 Å². The van der Waals surface area contributed by atoms with Crippen LogP contribution in [0.4, 0.5) is 61.5 Å². The van der Waals surface area contributed by atoms with Crippen LogP contribution in [0.2, 0.25) is 0 Å². The summed E-state index contributed by atoms with van der Waals surface area (Å²) in [5, 5.41) is 0. The average molecular weight is 428 g/mol. The van der Waals surface area contributed by atoms with E-state index >= 15 is 0 Å². The fourth-order valence-electron chi connectivity index (χ4n) is 1.86. The number of alkyl halides is 14. The molecule has 0 amide bonds. The van der Waals surface area contributed by atoms with Gasteiger partial charge in [-0.2, -0.15) is 61.5 Å². The summed E-state index contributed by atoms with van der Waals surface area (Å²) in [5.41, 5.74) is -6.02. The Kier molecular flexibility index (Phi) is 5.28. The minimum absolute atomic E-state index is 0.176. The summed E-state index contributed by atoms with van der Waals surface area (Å²) in [6.45, 7) is 0.538. The van der Waals surface area contributed by atoms with Gasteiger partial charge in [0.1, 0.15) is 0 Å². The molecule has 156 valence electrons. The molecule has 1 aromatic carbocycles. The largest absolute Gasteiger partial charge is 0.460 e. The van der Waals surface area contributed by atoms with Gasteiger partial charge < -0.3 is 0 Å². The van der Waals surface area contributed by atoms with Crippen molar-refractivity contribution in [3.63, 3.8) is 0 Å². The topological polar surface area (TPSA) is 0 Å². The fourth-order valence-corrected chi connectivity index (χ4v) is 1.86. The van der Waals surface area contributed by atoms with E-state index in [1.165, 1.54) is 0 Å². The predicted octanol–water partition coefficient (Wildman–Crippen LogP) is 6.57. The molecule has 0 aliphatic rings. The van der Waals surface area contributed by atoms with Crippen molar-refractivity contribution in [3.05, 3.63) is 34.9 Å². The monoisotopic (exact) mass is 428 g/mol. The molecule has 1 aromatic rings. The van der Waals surface area contributed by atoms with Crippen LogP contribution in [0.1, 0.15) is 16.7 Å². The second-order valence-corrected chi connectivity index (χ2v) is 5.38. The lowest BCUT2D eigenvalue weighted by Crippen LogP contribution is -2.51. The Morgan fingerprint density at radius 3 is 0.963 bits per heavy atom. The highest BCUT2D eigenvalue weighted by Crippen LogP contribution is 2.55. The number of hydrogen-bond acceptors (Lipinski definition) is 0. The smallest absolute Gasteiger partial charge is 0.194 e. The maximum absolute atomic E-state index is 13.6. The molecular formula is C13H6F14. The Balaban J connectivity index is 3.67. The zero-order valence-electron chi connectivity index (χ0n) is 12.5.